The maximum absolute atomic E-state index is 2.65. The summed E-state index contributed by atoms with van der Waals surface area (Å²) in [6.45, 7) is 32.3. The lowest BCUT2D eigenvalue weighted by Gasteiger charge is -2.32. The van der Waals surface area contributed by atoms with Gasteiger partial charge in [-0.1, -0.05) is 6.07 Å². The molecule has 0 radical (unpaired) electrons. The molecule has 2 saturated heterocycles. The van der Waals surface area contributed by atoms with E-state index in [-0.39, 0.29) is 0 Å². The van der Waals surface area contributed by atoms with Gasteiger partial charge in [0.05, 0.1) is 0 Å². The van der Waals surface area contributed by atoms with E-state index in [2.05, 4.69) is 109 Å². The van der Waals surface area contributed by atoms with Crippen LogP contribution in [-0.4, -0.2) is 122 Å². The summed E-state index contributed by atoms with van der Waals surface area (Å²) in [6, 6.07) is 11.8. The van der Waals surface area contributed by atoms with E-state index < -0.39 is 0 Å². The molecule has 6 nitrogen and oxygen atoms in total. The van der Waals surface area contributed by atoms with Crippen molar-refractivity contribution in [3.8, 4) is 0 Å². The summed E-state index contributed by atoms with van der Waals surface area (Å²) in [5.74, 6) is 0. The van der Waals surface area contributed by atoms with Gasteiger partial charge in [0, 0.05) is 114 Å². The molecule has 2 heterocycles. The first-order chi connectivity index (χ1) is 17.2. The van der Waals surface area contributed by atoms with Gasteiger partial charge in [0.15, 0.2) is 0 Å². The molecule has 0 N–H and O–H groups in total. The predicted molar refractivity (Wildman–Crippen MR) is 158 cm³/mol. The van der Waals surface area contributed by atoms with E-state index in [1.165, 1.54) is 11.4 Å². The third-order valence-corrected chi connectivity index (χ3v) is 8.46. The molecule has 36 heavy (non-hydrogen) atoms. The fraction of sp³-hybridized carbons (Fsp3) is 0.800. The number of benzene rings is 1. The van der Waals surface area contributed by atoms with Crippen LogP contribution in [0, 0.1) is 0 Å². The van der Waals surface area contributed by atoms with Crippen molar-refractivity contribution in [3.05, 3.63) is 24.3 Å². The van der Waals surface area contributed by atoms with Gasteiger partial charge in [-0.15, -0.1) is 0 Å². The molecule has 2 aliphatic heterocycles. The fourth-order valence-electron chi connectivity index (χ4n) is 5.65. The van der Waals surface area contributed by atoms with Crippen molar-refractivity contribution in [1.82, 2.24) is 19.6 Å². The lowest BCUT2D eigenvalue weighted by atomic mass is 10.2. The fourth-order valence-corrected chi connectivity index (χ4v) is 5.65. The smallest absolute Gasteiger partial charge is 0.0387 e. The molecule has 0 atom stereocenters. The van der Waals surface area contributed by atoms with Crippen LogP contribution in [0.4, 0.5) is 11.4 Å². The zero-order valence-electron chi connectivity index (χ0n) is 24.8. The number of anilines is 2. The van der Waals surface area contributed by atoms with E-state index in [1.54, 1.807) is 0 Å². The maximum Gasteiger partial charge on any atom is 0.0387 e. The molecule has 2 aliphatic rings. The van der Waals surface area contributed by atoms with Gasteiger partial charge >= 0.3 is 0 Å². The minimum Gasteiger partial charge on any atom is -0.369 e. The number of hydrogen-bond acceptors (Lipinski definition) is 6. The molecule has 2 fully saturated rings. The average Bonchev–Trinajstić information content (AvgIpc) is 3.02. The summed E-state index contributed by atoms with van der Waals surface area (Å²) < 4.78 is 0. The lowest BCUT2D eigenvalue weighted by Crippen LogP contribution is -2.41. The molecule has 1 aromatic carbocycles. The van der Waals surface area contributed by atoms with Crippen LogP contribution in [0.25, 0.3) is 0 Å². The van der Waals surface area contributed by atoms with Crippen LogP contribution in [0.15, 0.2) is 24.3 Å². The molecule has 0 aromatic heterocycles. The van der Waals surface area contributed by atoms with Crippen LogP contribution in [0.1, 0.15) is 55.4 Å². The molecule has 0 saturated carbocycles. The normalized spacial score (nSPS) is 21.6. The standard InChI is InChI=1S/C30H56N6/c1-25(2)31-12-13-32(26(3)4)17-21-35(20-16-31)29-10-9-11-30(24-29)36-22-18-33(27(5)6)14-15-34(19-23-36)28(7)8/h9-11,24-28H,12-23H2,1-8H3. The van der Waals surface area contributed by atoms with E-state index in [9.17, 15) is 0 Å². The highest BCUT2D eigenvalue weighted by Crippen LogP contribution is 2.24. The molecule has 1 aromatic rings. The van der Waals surface area contributed by atoms with Crippen molar-refractivity contribution >= 4 is 11.4 Å². The Morgan fingerprint density at radius 2 is 0.667 bits per heavy atom. The van der Waals surface area contributed by atoms with Crippen molar-refractivity contribution < 1.29 is 0 Å². The van der Waals surface area contributed by atoms with E-state index >= 15 is 0 Å². The first-order valence-electron chi connectivity index (χ1n) is 14.7. The molecule has 0 spiro atoms. The summed E-state index contributed by atoms with van der Waals surface area (Å²) in [7, 11) is 0. The highest BCUT2D eigenvalue weighted by molar-refractivity contribution is 5.59. The van der Waals surface area contributed by atoms with Gasteiger partial charge in [-0.25, -0.2) is 0 Å². The molecule has 206 valence electrons. The van der Waals surface area contributed by atoms with Gasteiger partial charge in [-0.2, -0.15) is 0 Å². The zero-order valence-corrected chi connectivity index (χ0v) is 24.8. The second-order valence-corrected chi connectivity index (χ2v) is 12.0. The summed E-state index contributed by atoms with van der Waals surface area (Å²) >= 11 is 0. The van der Waals surface area contributed by atoms with E-state index in [0.29, 0.717) is 24.2 Å². The van der Waals surface area contributed by atoms with Gasteiger partial charge in [0.25, 0.3) is 0 Å². The minimum absolute atomic E-state index is 0.586. The third-order valence-electron chi connectivity index (χ3n) is 8.46. The monoisotopic (exact) mass is 500 g/mol. The van der Waals surface area contributed by atoms with Crippen molar-refractivity contribution in [2.75, 3.05) is 88.3 Å². The Kier molecular flexibility index (Phi) is 11.4. The van der Waals surface area contributed by atoms with Crippen molar-refractivity contribution in [1.29, 1.82) is 0 Å². The highest BCUT2D eigenvalue weighted by Gasteiger charge is 2.22. The minimum atomic E-state index is 0.586. The Hall–Kier alpha value is -1.34. The van der Waals surface area contributed by atoms with E-state index in [0.717, 1.165) is 78.5 Å². The van der Waals surface area contributed by atoms with Crippen molar-refractivity contribution in [2.24, 2.45) is 0 Å². The van der Waals surface area contributed by atoms with Gasteiger partial charge in [0.1, 0.15) is 0 Å². The molecule has 0 bridgehead atoms. The van der Waals surface area contributed by atoms with Crippen LogP contribution < -0.4 is 9.80 Å². The molecule has 6 heteroatoms. The lowest BCUT2D eigenvalue weighted by molar-refractivity contribution is 0.169. The van der Waals surface area contributed by atoms with Gasteiger partial charge in [0.2, 0.25) is 0 Å². The summed E-state index contributed by atoms with van der Waals surface area (Å²) in [5.41, 5.74) is 2.76. The molecule has 0 aliphatic carbocycles. The van der Waals surface area contributed by atoms with Gasteiger partial charge < -0.3 is 9.80 Å². The van der Waals surface area contributed by atoms with Crippen LogP contribution in [0.3, 0.4) is 0 Å². The number of hydrogen-bond donors (Lipinski definition) is 0. The van der Waals surface area contributed by atoms with Crippen molar-refractivity contribution in [2.45, 2.75) is 79.6 Å². The molecular weight excluding hydrogens is 444 g/mol. The molecule has 3 rings (SSSR count). The third kappa shape index (κ3) is 8.34. The predicted octanol–water partition coefficient (Wildman–Crippen LogP) is 4.17. The summed E-state index contributed by atoms with van der Waals surface area (Å²) in [5, 5.41) is 0. The summed E-state index contributed by atoms with van der Waals surface area (Å²) in [4.78, 5) is 15.9. The first kappa shape index (κ1) is 29.2. The topological polar surface area (TPSA) is 19.4 Å². The Morgan fingerprint density at radius 1 is 0.417 bits per heavy atom. The van der Waals surface area contributed by atoms with Crippen LogP contribution in [-0.2, 0) is 0 Å². The Labute approximate surface area is 223 Å². The summed E-state index contributed by atoms with van der Waals surface area (Å²) in [6.07, 6.45) is 0. The van der Waals surface area contributed by atoms with Gasteiger partial charge in [-0.05, 0) is 73.6 Å². The Bertz CT molecular complexity index is 664. The highest BCUT2D eigenvalue weighted by atomic mass is 15.3. The SMILES string of the molecule is CC(C)N1CCN(c2cccc(N3CCN(C(C)C)CCN(C(C)C)CC3)c2)CCN(C(C)C)CC1. The Balaban J connectivity index is 1.80. The van der Waals surface area contributed by atoms with Crippen LogP contribution in [0.2, 0.25) is 0 Å². The first-order valence-corrected chi connectivity index (χ1v) is 14.7. The maximum atomic E-state index is 2.65. The van der Waals surface area contributed by atoms with Crippen LogP contribution in [0.5, 0.6) is 0 Å². The number of rotatable bonds is 6. The second-order valence-electron chi connectivity index (χ2n) is 12.0. The zero-order chi connectivity index (χ0) is 26.2. The largest absolute Gasteiger partial charge is 0.369 e. The molecule has 0 amide bonds. The second kappa shape index (κ2) is 14.0. The van der Waals surface area contributed by atoms with Crippen LogP contribution >= 0.6 is 0 Å². The number of nitrogens with zero attached hydrogens (tertiary/aromatic N) is 6. The van der Waals surface area contributed by atoms with E-state index in [1.807, 2.05) is 0 Å². The quantitative estimate of drug-likeness (QED) is 0.580. The molecule has 0 unspecified atom stereocenters. The average molecular weight is 501 g/mol. The Morgan fingerprint density at radius 3 is 0.917 bits per heavy atom. The van der Waals surface area contributed by atoms with E-state index in [4.69, 9.17) is 0 Å². The van der Waals surface area contributed by atoms with Crippen molar-refractivity contribution in [3.63, 3.8) is 0 Å². The molecular formula is C30H56N6. The van der Waals surface area contributed by atoms with Gasteiger partial charge in [-0.3, -0.25) is 19.6 Å².